The van der Waals surface area contributed by atoms with Crippen molar-refractivity contribution in [3.8, 4) is 0 Å². The van der Waals surface area contributed by atoms with Crippen LogP contribution in [0.3, 0.4) is 0 Å². The van der Waals surface area contributed by atoms with Crippen molar-refractivity contribution in [2.24, 2.45) is 0 Å². The molecule has 0 saturated heterocycles. The molecule has 19 heavy (non-hydrogen) atoms. The highest BCUT2D eigenvalue weighted by atomic mass is 16.5. The van der Waals surface area contributed by atoms with E-state index in [1.165, 1.54) is 0 Å². The summed E-state index contributed by atoms with van der Waals surface area (Å²) in [7, 11) is 0. The highest BCUT2D eigenvalue weighted by molar-refractivity contribution is 5.67. The van der Waals surface area contributed by atoms with Gasteiger partial charge in [0.25, 0.3) is 0 Å². The van der Waals surface area contributed by atoms with Gasteiger partial charge in [0.15, 0.2) is 0 Å². The fourth-order valence-corrected chi connectivity index (χ4v) is 1.50. The molecular weight excluding hydrogens is 244 g/mol. The van der Waals surface area contributed by atoms with Crippen LogP contribution < -0.4 is 10.6 Å². The molecule has 0 unspecified atom stereocenters. The van der Waals surface area contributed by atoms with Crippen LogP contribution >= 0.6 is 0 Å². The van der Waals surface area contributed by atoms with E-state index in [9.17, 15) is 4.79 Å². The lowest BCUT2D eigenvalue weighted by Gasteiger charge is -2.07. The fraction of sp³-hybridized carbons (Fsp3) is 0.231. The third-order valence-electron chi connectivity index (χ3n) is 2.42. The van der Waals surface area contributed by atoms with Gasteiger partial charge in [-0.15, -0.1) is 0 Å². The monoisotopic (exact) mass is 260 g/mol. The van der Waals surface area contributed by atoms with E-state index in [2.05, 4.69) is 20.8 Å². The minimum atomic E-state index is -0.423. The molecule has 1 aromatic heterocycles. The van der Waals surface area contributed by atoms with Crippen molar-refractivity contribution in [1.29, 1.82) is 0 Å². The number of carbonyl (C=O) groups is 1. The van der Waals surface area contributed by atoms with Gasteiger partial charge in [0.1, 0.15) is 12.4 Å². The van der Waals surface area contributed by atoms with Gasteiger partial charge in [-0.1, -0.05) is 30.3 Å². The molecule has 0 radical (unpaired) electrons. The third kappa shape index (κ3) is 4.71. The highest BCUT2D eigenvalue weighted by Gasteiger charge is 2.01. The first kappa shape index (κ1) is 12.9. The summed E-state index contributed by atoms with van der Waals surface area (Å²) in [4.78, 5) is 11.4. The Morgan fingerprint density at radius 2 is 2.11 bits per heavy atom. The second-order valence-corrected chi connectivity index (χ2v) is 3.86. The molecule has 0 aliphatic rings. The van der Waals surface area contributed by atoms with E-state index in [0.29, 0.717) is 13.1 Å². The Hall–Kier alpha value is -2.50. The van der Waals surface area contributed by atoms with E-state index in [0.717, 1.165) is 11.4 Å². The number of benzene rings is 1. The van der Waals surface area contributed by atoms with Crippen molar-refractivity contribution in [3.63, 3.8) is 0 Å². The van der Waals surface area contributed by atoms with Crippen molar-refractivity contribution < 1.29 is 9.53 Å². The maximum absolute atomic E-state index is 11.4. The minimum absolute atomic E-state index is 0.285. The number of anilines is 1. The number of nitrogens with one attached hydrogen (secondary N) is 3. The van der Waals surface area contributed by atoms with Gasteiger partial charge in [-0.25, -0.2) is 4.79 Å². The molecule has 0 saturated carbocycles. The highest BCUT2D eigenvalue weighted by Crippen LogP contribution is 1.98. The van der Waals surface area contributed by atoms with Crippen molar-refractivity contribution in [3.05, 3.63) is 48.2 Å². The molecule has 0 aliphatic heterocycles. The fourth-order valence-electron chi connectivity index (χ4n) is 1.50. The number of aromatic amines is 1. The quantitative estimate of drug-likeness (QED) is 0.691. The van der Waals surface area contributed by atoms with Gasteiger partial charge in [-0.3, -0.25) is 5.10 Å². The van der Waals surface area contributed by atoms with Crippen molar-refractivity contribution >= 4 is 11.9 Å². The largest absolute Gasteiger partial charge is 0.448 e. The van der Waals surface area contributed by atoms with E-state index in [4.69, 9.17) is 4.74 Å². The van der Waals surface area contributed by atoms with Gasteiger partial charge in [0, 0.05) is 12.7 Å². The van der Waals surface area contributed by atoms with E-state index in [1.807, 2.05) is 30.3 Å². The second kappa shape index (κ2) is 7.05. The topological polar surface area (TPSA) is 79.0 Å². The number of rotatable bonds is 6. The molecule has 0 atom stereocenters. The SMILES string of the molecule is O=C(NCc1ccccc1)OCCNc1cc[nH]n1. The number of ether oxygens (including phenoxy) is 1. The summed E-state index contributed by atoms with van der Waals surface area (Å²) < 4.78 is 5.01. The number of nitrogens with zero attached hydrogens (tertiary/aromatic N) is 1. The number of hydrogen-bond acceptors (Lipinski definition) is 4. The van der Waals surface area contributed by atoms with Crippen LogP contribution in [0.2, 0.25) is 0 Å². The Balaban J connectivity index is 1.57. The van der Waals surface area contributed by atoms with Gasteiger partial charge < -0.3 is 15.4 Å². The zero-order valence-corrected chi connectivity index (χ0v) is 10.4. The van der Waals surface area contributed by atoms with Gasteiger partial charge in [0.05, 0.1) is 6.54 Å². The van der Waals surface area contributed by atoms with Crippen LogP contribution in [0, 0.1) is 0 Å². The number of H-pyrrole nitrogens is 1. The summed E-state index contributed by atoms with van der Waals surface area (Å²) in [6.45, 7) is 1.27. The van der Waals surface area contributed by atoms with Crippen LogP contribution in [0.25, 0.3) is 0 Å². The first-order chi connectivity index (χ1) is 9.34. The summed E-state index contributed by atoms with van der Waals surface area (Å²) in [5.41, 5.74) is 1.04. The Morgan fingerprint density at radius 1 is 1.26 bits per heavy atom. The zero-order chi connectivity index (χ0) is 13.3. The molecule has 100 valence electrons. The number of amides is 1. The Morgan fingerprint density at radius 3 is 2.84 bits per heavy atom. The molecule has 6 nitrogen and oxygen atoms in total. The summed E-state index contributed by atoms with van der Waals surface area (Å²) in [5, 5.41) is 12.3. The average Bonchev–Trinajstić information content (AvgIpc) is 2.96. The summed E-state index contributed by atoms with van der Waals surface area (Å²) in [6, 6.07) is 11.5. The number of carbonyl (C=O) groups excluding carboxylic acids is 1. The van der Waals surface area contributed by atoms with E-state index in [-0.39, 0.29) is 6.61 Å². The predicted molar refractivity (Wildman–Crippen MR) is 71.7 cm³/mol. The molecular formula is C13H16N4O2. The molecule has 2 aromatic rings. The van der Waals surface area contributed by atoms with Gasteiger partial charge in [-0.2, -0.15) is 5.10 Å². The molecule has 1 heterocycles. The van der Waals surface area contributed by atoms with Crippen LogP contribution in [-0.2, 0) is 11.3 Å². The van der Waals surface area contributed by atoms with Gasteiger partial charge >= 0.3 is 6.09 Å². The van der Waals surface area contributed by atoms with Crippen LogP contribution in [-0.4, -0.2) is 29.4 Å². The molecule has 3 N–H and O–H groups in total. The van der Waals surface area contributed by atoms with Crippen LogP contribution in [0.5, 0.6) is 0 Å². The minimum Gasteiger partial charge on any atom is -0.448 e. The Labute approximate surface area is 111 Å². The molecule has 0 aliphatic carbocycles. The predicted octanol–water partition coefficient (Wildman–Crippen LogP) is 1.75. The Bertz CT molecular complexity index is 485. The van der Waals surface area contributed by atoms with Crippen LogP contribution in [0.1, 0.15) is 5.56 Å². The lowest BCUT2D eigenvalue weighted by atomic mass is 10.2. The maximum atomic E-state index is 11.4. The molecule has 0 bridgehead atoms. The van der Waals surface area contributed by atoms with Gasteiger partial charge in [-0.05, 0) is 11.6 Å². The summed E-state index contributed by atoms with van der Waals surface area (Å²) >= 11 is 0. The van der Waals surface area contributed by atoms with E-state index in [1.54, 1.807) is 12.3 Å². The van der Waals surface area contributed by atoms with Crippen molar-refractivity contribution in [2.75, 3.05) is 18.5 Å². The second-order valence-electron chi connectivity index (χ2n) is 3.86. The van der Waals surface area contributed by atoms with E-state index >= 15 is 0 Å². The van der Waals surface area contributed by atoms with Crippen LogP contribution in [0.4, 0.5) is 10.6 Å². The standard InChI is InChI=1S/C13H16N4O2/c18-13(15-10-11-4-2-1-3-5-11)19-9-8-14-12-6-7-16-17-12/h1-7H,8-10H2,(H,15,18)(H2,14,16,17). The normalized spacial score (nSPS) is 9.89. The molecule has 0 fully saturated rings. The lowest BCUT2D eigenvalue weighted by molar-refractivity contribution is 0.150. The van der Waals surface area contributed by atoms with Crippen molar-refractivity contribution in [1.82, 2.24) is 15.5 Å². The molecule has 1 aromatic carbocycles. The number of hydrogen-bond donors (Lipinski definition) is 3. The summed E-state index contributed by atoms with van der Waals surface area (Å²) in [6.07, 6.45) is 1.29. The average molecular weight is 260 g/mol. The molecule has 6 heteroatoms. The summed E-state index contributed by atoms with van der Waals surface area (Å²) in [5.74, 6) is 0.730. The first-order valence-corrected chi connectivity index (χ1v) is 6.03. The number of alkyl carbamates (subject to hydrolysis) is 1. The van der Waals surface area contributed by atoms with Gasteiger partial charge in [0.2, 0.25) is 0 Å². The Kier molecular flexibility index (Phi) is 4.80. The van der Waals surface area contributed by atoms with E-state index < -0.39 is 6.09 Å². The maximum Gasteiger partial charge on any atom is 0.407 e. The molecule has 1 amide bonds. The smallest absolute Gasteiger partial charge is 0.407 e. The lowest BCUT2D eigenvalue weighted by Crippen LogP contribution is -2.25. The zero-order valence-electron chi connectivity index (χ0n) is 10.4. The molecule has 2 rings (SSSR count). The third-order valence-corrected chi connectivity index (χ3v) is 2.42. The van der Waals surface area contributed by atoms with Crippen molar-refractivity contribution in [2.45, 2.75) is 6.54 Å². The first-order valence-electron chi connectivity index (χ1n) is 6.03. The molecule has 0 spiro atoms. The van der Waals surface area contributed by atoms with Crippen LogP contribution in [0.15, 0.2) is 42.6 Å². The number of aromatic nitrogens is 2.